The lowest BCUT2D eigenvalue weighted by molar-refractivity contribution is -0.119. The lowest BCUT2D eigenvalue weighted by Gasteiger charge is -2.30. The Hall–Kier alpha value is -2.26. The van der Waals surface area contributed by atoms with Crippen LogP contribution in [0, 0.1) is 13.8 Å². The van der Waals surface area contributed by atoms with Crippen molar-refractivity contribution in [3.05, 3.63) is 23.0 Å². The van der Waals surface area contributed by atoms with Gasteiger partial charge < -0.3 is 10.1 Å². The first kappa shape index (κ1) is 16.6. The fourth-order valence-corrected chi connectivity index (χ4v) is 2.73. The lowest BCUT2D eigenvalue weighted by atomic mass is 10.2. The molecule has 130 valence electrons. The highest BCUT2D eigenvalue weighted by Gasteiger charge is 2.26. The Morgan fingerprint density at radius 1 is 1.38 bits per heavy atom. The quantitative estimate of drug-likeness (QED) is 0.743. The summed E-state index contributed by atoms with van der Waals surface area (Å²) < 4.78 is 5.74. The minimum absolute atomic E-state index is 0.0625. The number of anilines is 1. The van der Waals surface area contributed by atoms with Gasteiger partial charge in [0.2, 0.25) is 5.91 Å². The molecule has 0 spiro atoms. The van der Waals surface area contributed by atoms with Crippen molar-refractivity contribution in [2.75, 3.05) is 31.6 Å². The molecule has 0 unspecified atom stereocenters. The van der Waals surface area contributed by atoms with Gasteiger partial charge in [0.1, 0.15) is 11.9 Å². The number of ether oxygens (including phenoxy) is 1. The third kappa shape index (κ3) is 3.62. The summed E-state index contributed by atoms with van der Waals surface area (Å²) in [7, 11) is 0. The van der Waals surface area contributed by atoms with Gasteiger partial charge in [0.15, 0.2) is 5.82 Å². The molecule has 1 aliphatic rings. The van der Waals surface area contributed by atoms with E-state index in [4.69, 9.17) is 4.74 Å². The average Bonchev–Trinajstić information content (AvgIpc) is 3.17. The molecular formula is C15H23N7O2. The Kier molecular flexibility index (Phi) is 4.91. The summed E-state index contributed by atoms with van der Waals surface area (Å²) in [6, 6.07) is 0. The zero-order valence-electron chi connectivity index (χ0n) is 14.2. The Bertz CT molecular complexity index is 689. The second-order valence-corrected chi connectivity index (χ2v) is 5.95. The molecule has 24 heavy (non-hydrogen) atoms. The largest absolute Gasteiger partial charge is 0.367 e. The summed E-state index contributed by atoms with van der Waals surface area (Å²) in [4.78, 5) is 18.8. The van der Waals surface area contributed by atoms with Crippen LogP contribution in [0.15, 0.2) is 0 Å². The van der Waals surface area contributed by atoms with Crippen LogP contribution in [0.2, 0.25) is 0 Å². The zero-order valence-corrected chi connectivity index (χ0v) is 14.2. The average molecular weight is 333 g/mol. The Morgan fingerprint density at radius 3 is 2.88 bits per heavy atom. The second kappa shape index (κ2) is 7.10. The van der Waals surface area contributed by atoms with Crippen molar-refractivity contribution in [2.24, 2.45) is 0 Å². The molecule has 0 aliphatic carbocycles. The summed E-state index contributed by atoms with van der Waals surface area (Å²) in [5, 5.41) is 17.0. The van der Waals surface area contributed by atoms with E-state index in [0.29, 0.717) is 32.1 Å². The van der Waals surface area contributed by atoms with Gasteiger partial charge in [-0.15, -0.1) is 0 Å². The summed E-state index contributed by atoms with van der Waals surface area (Å²) >= 11 is 0. The number of hydrogen-bond donors (Lipinski definition) is 3. The molecule has 9 heteroatoms. The predicted octanol–water partition coefficient (Wildman–Crippen LogP) is 0.719. The van der Waals surface area contributed by atoms with Crippen molar-refractivity contribution in [3.63, 3.8) is 0 Å². The first-order valence-electron chi connectivity index (χ1n) is 8.13. The van der Waals surface area contributed by atoms with Crippen molar-refractivity contribution in [2.45, 2.75) is 33.3 Å². The van der Waals surface area contributed by atoms with Gasteiger partial charge in [-0.3, -0.25) is 19.9 Å². The molecule has 0 aromatic carbocycles. The van der Waals surface area contributed by atoms with E-state index in [0.717, 1.165) is 29.3 Å². The number of carbonyl (C=O) groups excluding carboxylic acids is 1. The van der Waals surface area contributed by atoms with Crippen LogP contribution in [0.25, 0.3) is 0 Å². The summed E-state index contributed by atoms with van der Waals surface area (Å²) in [6.07, 6.45) is 0.593. The van der Waals surface area contributed by atoms with Gasteiger partial charge in [0.25, 0.3) is 0 Å². The third-order valence-corrected chi connectivity index (χ3v) is 4.08. The predicted molar refractivity (Wildman–Crippen MR) is 87.6 cm³/mol. The van der Waals surface area contributed by atoms with E-state index in [-0.39, 0.29) is 12.0 Å². The number of aromatic nitrogens is 5. The van der Waals surface area contributed by atoms with Crippen molar-refractivity contribution >= 4 is 11.6 Å². The standard InChI is InChI=1S/C15H23N7O2/c1-4-12-16-15(21-20-12)11-7-22(5-6-24-11)8-13(23)17-14-9(2)18-19-10(14)3/h11H,4-8H2,1-3H3,(H,17,23)(H,18,19)(H,16,20,21)/t11-/m0/s1. The van der Waals surface area contributed by atoms with Crippen LogP contribution in [0.4, 0.5) is 5.69 Å². The van der Waals surface area contributed by atoms with Crippen LogP contribution >= 0.6 is 0 Å². The minimum atomic E-state index is -0.208. The van der Waals surface area contributed by atoms with Gasteiger partial charge in [-0.1, -0.05) is 6.92 Å². The third-order valence-electron chi connectivity index (χ3n) is 4.08. The first-order chi connectivity index (χ1) is 11.6. The summed E-state index contributed by atoms with van der Waals surface area (Å²) in [6.45, 7) is 7.92. The number of rotatable bonds is 5. The molecule has 2 aromatic heterocycles. The van der Waals surface area contributed by atoms with E-state index in [1.54, 1.807) is 0 Å². The van der Waals surface area contributed by atoms with Crippen LogP contribution in [0.5, 0.6) is 0 Å². The SMILES string of the molecule is CCc1nc([C@@H]2CN(CC(=O)Nc3c(C)n[nH]c3C)CCO2)n[nH]1. The molecule has 0 radical (unpaired) electrons. The Labute approximate surface area is 140 Å². The maximum Gasteiger partial charge on any atom is 0.238 e. The van der Waals surface area contributed by atoms with Crippen LogP contribution in [-0.2, 0) is 16.0 Å². The minimum Gasteiger partial charge on any atom is -0.367 e. The molecule has 1 atom stereocenters. The van der Waals surface area contributed by atoms with Crippen LogP contribution in [0.3, 0.4) is 0 Å². The molecule has 0 bridgehead atoms. The van der Waals surface area contributed by atoms with Crippen molar-refractivity contribution in [3.8, 4) is 0 Å². The smallest absolute Gasteiger partial charge is 0.238 e. The number of hydrogen-bond acceptors (Lipinski definition) is 6. The molecule has 3 rings (SSSR count). The van der Waals surface area contributed by atoms with E-state index in [2.05, 4.69) is 35.6 Å². The second-order valence-electron chi connectivity index (χ2n) is 5.95. The molecule has 1 amide bonds. The zero-order chi connectivity index (χ0) is 17.1. The highest BCUT2D eigenvalue weighted by atomic mass is 16.5. The maximum absolute atomic E-state index is 12.3. The number of nitrogens with zero attached hydrogens (tertiary/aromatic N) is 4. The van der Waals surface area contributed by atoms with Gasteiger partial charge in [-0.25, -0.2) is 4.98 Å². The topological polar surface area (TPSA) is 112 Å². The monoisotopic (exact) mass is 333 g/mol. The molecule has 3 N–H and O–H groups in total. The Morgan fingerprint density at radius 2 is 2.21 bits per heavy atom. The normalized spacial score (nSPS) is 18.7. The van der Waals surface area contributed by atoms with E-state index >= 15 is 0 Å². The lowest BCUT2D eigenvalue weighted by Crippen LogP contribution is -2.42. The van der Waals surface area contributed by atoms with Gasteiger partial charge in [-0.2, -0.15) is 10.2 Å². The molecule has 9 nitrogen and oxygen atoms in total. The van der Waals surface area contributed by atoms with E-state index < -0.39 is 0 Å². The number of aromatic amines is 2. The van der Waals surface area contributed by atoms with Crippen molar-refractivity contribution in [1.29, 1.82) is 0 Å². The highest BCUT2D eigenvalue weighted by molar-refractivity contribution is 5.93. The van der Waals surface area contributed by atoms with Crippen molar-refractivity contribution in [1.82, 2.24) is 30.3 Å². The fourth-order valence-electron chi connectivity index (χ4n) is 2.73. The van der Waals surface area contributed by atoms with Crippen LogP contribution in [-0.4, -0.2) is 62.4 Å². The number of morpholine rings is 1. The maximum atomic E-state index is 12.3. The first-order valence-corrected chi connectivity index (χ1v) is 8.13. The molecular weight excluding hydrogens is 310 g/mol. The van der Waals surface area contributed by atoms with Crippen LogP contribution in [0.1, 0.15) is 36.1 Å². The van der Waals surface area contributed by atoms with Gasteiger partial charge in [-0.05, 0) is 13.8 Å². The van der Waals surface area contributed by atoms with Gasteiger partial charge in [0.05, 0.1) is 30.2 Å². The molecule has 3 heterocycles. The molecule has 1 fully saturated rings. The van der Waals surface area contributed by atoms with E-state index in [1.807, 2.05) is 20.8 Å². The number of aryl methyl sites for hydroxylation is 3. The molecule has 1 saturated heterocycles. The number of nitrogens with one attached hydrogen (secondary N) is 3. The fraction of sp³-hybridized carbons (Fsp3) is 0.600. The highest BCUT2D eigenvalue weighted by Crippen LogP contribution is 2.20. The number of H-pyrrole nitrogens is 2. The number of amides is 1. The molecule has 2 aromatic rings. The summed E-state index contributed by atoms with van der Waals surface area (Å²) in [5.41, 5.74) is 2.40. The molecule has 1 aliphatic heterocycles. The van der Waals surface area contributed by atoms with E-state index in [1.165, 1.54) is 0 Å². The summed E-state index contributed by atoms with van der Waals surface area (Å²) in [5.74, 6) is 1.43. The van der Waals surface area contributed by atoms with Crippen molar-refractivity contribution < 1.29 is 9.53 Å². The Balaban J connectivity index is 1.58. The molecule has 0 saturated carbocycles. The van der Waals surface area contributed by atoms with Gasteiger partial charge in [0, 0.05) is 19.5 Å². The number of carbonyl (C=O) groups is 1. The van der Waals surface area contributed by atoms with Crippen LogP contribution < -0.4 is 5.32 Å². The van der Waals surface area contributed by atoms with Gasteiger partial charge >= 0.3 is 0 Å². The van der Waals surface area contributed by atoms with E-state index in [9.17, 15) is 4.79 Å².